The first-order chi connectivity index (χ1) is 19.0. The molecule has 1 aromatic carbocycles. The number of hydrogen-bond acceptors (Lipinski definition) is 6. The van der Waals surface area contributed by atoms with Crippen LogP contribution in [0.2, 0.25) is 0 Å². The number of unbranched alkanes of at least 4 members (excludes halogenated alkanes) is 1. The van der Waals surface area contributed by atoms with E-state index >= 15 is 0 Å². The van der Waals surface area contributed by atoms with Crippen molar-refractivity contribution < 1.29 is 24.3 Å². The number of rotatable bonds is 17. The van der Waals surface area contributed by atoms with Crippen molar-refractivity contribution in [3.05, 3.63) is 36.0 Å². The normalized spacial score (nSPS) is 15.2. The van der Waals surface area contributed by atoms with Gasteiger partial charge in [-0.2, -0.15) is 0 Å². The van der Waals surface area contributed by atoms with E-state index in [4.69, 9.17) is 11.5 Å². The van der Waals surface area contributed by atoms with Gasteiger partial charge in [-0.15, -0.1) is 0 Å². The highest BCUT2D eigenvalue weighted by molar-refractivity contribution is 5.94. The van der Waals surface area contributed by atoms with Gasteiger partial charge in [0.25, 0.3) is 0 Å². The number of aliphatic carboxylic acids is 1. The van der Waals surface area contributed by atoms with Gasteiger partial charge in [0.05, 0.1) is 6.04 Å². The number of fused-ring (bicyclic) bond motifs is 1. The number of nitrogens with two attached hydrogens (primary N) is 2. The molecule has 40 heavy (non-hydrogen) atoms. The van der Waals surface area contributed by atoms with E-state index in [-0.39, 0.29) is 24.7 Å². The van der Waals surface area contributed by atoms with E-state index in [1.807, 2.05) is 51.2 Å². The van der Waals surface area contributed by atoms with Crippen LogP contribution in [0, 0.1) is 11.8 Å². The van der Waals surface area contributed by atoms with Gasteiger partial charge in [-0.25, -0.2) is 4.79 Å². The SMILES string of the molecule is CCC(C)C(NC(=O)C(CCCCN)NC(=O)C(CC(C)C)NC(=O)C(N)Cc1c[nH]c2ccccc12)C(=O)O. The van der Waals surface area contributed by atoms with E-state index in [0.717, 1.165) is 16.5 Å². The van der Waals surface area contributed by atoms with Gasteiger partial charge in [-0.1, -0.05) is 52.3 Å². The summed E-state index contributed by atoms with van der Waals surface area (Å²) in [6.45, 7) is 7.86. The molecule has 0 bridgehead atoms. The highest BCUT2D eigenvalue weighted by Gasteiger charge is 2.32. The van der Waals surface area contributed by atoms with E-state index in [1.54, 1.807) is 6.92 Å². The Balaban J connectivity index is 2.14. The van der Waals surface area contributed by atoms with Gasteiger partial charge in [0.1, 0.15) is 18.1 Å². The minimum Gasteiger partial charge on any atom is -0.480 e. The van der Waals surface area contributed by atoms with Crippen molar-refractivity contribution in [3.63, 3.8) is 0 Å². The number of carboxylic acid groups (broad SMARTS) is 1. The molecule has 2 rings (SSSR count). The number of carbonyl (C=O) groups is 4. The highest BCUT2D eigenvalue weighted by atomic mass is 16.4. The third kappa shape index (κ3) is 9.63. The van der Waals surface area contributed by atoms with Crippen LogP contribution >= 0.6 is 0 Å². The first-order valence-electron chi connectivity index (χ1n) is 14.1. The molecule has 0 radical (unpaired) electrons. The summed E-state index contributed by atoms with van der Waals surface area (Å²) in [5.74, 6) is -2.95. The number of amides is 3. The summed E-state index contributed by atoms with van der Waals surface area (Å²) >= 11 is 0. The fraction of sp³-hybridized carbons (Fsp3) is 0.586. The predicted molar refractivity (Wildman–Crippen MR) is 155 cm³/mol. The second kappa shape index (κ2) is 16.0. The fourth-order valence-corrected chi connectivity index (χ4v) is 4.58. The molecular weight excluding hydrogens is 512 g/mol. The van der Waals surface area contributed by atoms with Gasteiger partial charge in [-0.05, 0) is 62.1 Å². The first-order valence-corrected chi connectivity index (χ1v) is 14.1. The molecule has 0 fully saturated rings. The van der Waals surface area contributed by atoms with Crippen LogP contribution in [0.1, 0.15) is 65.4 Å². The van der Waals surface area contributed by atoms with Crippen LogP contribution in [0.4, 0.5) is 0 Å². The number of carbonyl (C=O) groups excluding carboxylic acids is 3. The van der Waals surface area contributed by atoms with E-state index in [1.165, 1.54) is 0 Å². The molecule has 1 aromatic heterocycles. The van der Waals surface area contributed by atoms with Crippen molar-refractivity contribution in [2.45, 2.75) is 90.4 Å². The first kappa shape index (κ1) is 32.8. The Labute approximate surface area is 236 Å². The summed E-state index contributed by atoms with van der Waals surface area (Å²) in [6.07, 6.45) is 4.48. The van der Waals surface area contributed by atoms with Crippen LogP contribution in [-0.2, 0) is 25.6 Å². The summed E-state index contributed by atoms with van der Waals surface area (Å²) in [5, 5.41) is 18.7. The predicted octanol–water partition coefficient (Wildman–Crippen LogP) is 1.80. The Morgan fingerprint density at radius 3 is 2.23 bits per heavy atom. The Hall–Kier alpha value is -3.44. The van der Waals surface area contributed by atoms with E-state index in [0.29, 0.717) is 32.2 Å². The van der Waals surface area contributed by atoms with E-state index in [2.05, 4.69) is 20.9 Å². The van der Waals surface area contributed by atoms with Crippen molar-refractivity contribution in [1.82, 2.24) is 20.9 Å². The maximum Gasteiger partial charge on any atom is 0.326 e. The molecule has 1 heterocycles. The van der Waals surface area contributed by atoms with Crippen molar-refractivity contribution in [2.75, 3.05) is 6.54 Å². The van der Waals surface area contributed by atoms with Crippen LogP contribution in [0.5, 0.6) is 0 Å². The summed E-state index contributed by atoms with van der Waals surface area (Å²) in [5.41, 5.74) is 13.7. The zero-order valence-electron chi connectivity index (χ0n) is 24.0. The number of para-hydroxylation sites is 1. The molecule has 9 N–H and O–H groups in total. The molecule has 5 atom stereocenters. The third-order valence-electron chi connectivity index (χ3n) is 7.15. The summed E-state index contributed by atoms with van der Waals surface area (Å²) in [7, 11) is 0. The van der Waals surface area contributed by atoms with Gasteiger partial charge < -0.3 is 37.5 Å². The van der Waals surface area contributed by atoms with E-state index in [9.17, 15) is 24.3 Å². The van der Waals surface area contributed by atoms with Gasteiger partial charge in [-0.3, -0.25) is 14.4 Å². The van der Waals surface area contributed by atoms with Crippen LogP contribution in [0.15, 0.2) is 30.5 Å². The van der Waals surface area contributed by atoms with Crippen LogP contribution in [0.3, 0.4) is 0 Å². The lowest BCUT2D eigenvalue weighted by Gasteiger charge is -2.27. The smallest absolute Gasteiger partial charge is 0.326 e. The Kier molecular flexibility index (Phi) is 13.1. The van der Waals surface area contributed by atoms with E-state index < -0.39 is 47.9 Å². The number of aromatic nitrogens is 1. The summed E-state index contributed by atoms with van der Waals surface area (Å²) in [6, 6.07) is 3.85. The lowest BCUT2D eigenvalue weighted by atomic mass is 9.98. The van der Waals surface area contributed by atoms with Gasteiger partial charge >= 0.3 is 5.97 Å². The average molecular weight is 559 g/mol. The molecular formula is C29H46N6O5. The number of nitrogens with one attached hydrogen (secondary N) is 4. The number of H-pyrrole nitrogens is 1. The topological polar surface area (TPSA) is 192 Å². The number of hydrogen-bond donors (Lipinski definition) is 7. The summed E-state index contributed by atoms with van der Waals surface area (Å²) < 4.78 is 0. The zero-order valence-corrected chi connectivity index (χ0v) is 24.0. The Morgan fingerprint density at radius 2 is 1.60 bits per heavy atom. The minimum atomic E-state index is -1.14. The Bertz CT molecular complexity index is 1130. The second-order valence-corrected chi connectivity index (χ2v) is 10.9. The van der Waals surface area contributed by atoms with Gasteiger partial charge in [0.2, 0.25) is 17.7 Å². The molecule has 0 aliphatic carbocycles. The van der Waals surface area contributed by atoms with Gasteiger partial charge in [0.15, 0.2) is 0 Å². The van der Waals surface area contributed by atoms with Crippen LogP contribution in [-0.4, -0.2) is 64.5 Å². The summed E-state index contributed by atoms with van der Waals surface area (Å²) in [4.78, 5) is 54.5. The molecule has 5 unspecified atom stereocenters. The minimum absolute atomic E-state index is 0.0622. The van der Waals surface area contributed by atoms with Crippen molar-refractivity contribution in [3.8, 4) is 0 Å². The quantitative estimate of drug-likeness (QED) is 0.144. The molecule has 11 heteroatoms. The molecule has 11 nitrogen and oxygen atoms in total. The zero-order chi connectivity index (χ0) is 29.8. The second-order valence-electron chi connectivity index (χ2n) is 10.9. The fourth-order valence-electron chi connectivity index (χ4n) is 4.58. The molecule has 3 amide bonds. The highest BCUT2D eigenvalue weighted by Crippen LogP contribution is 2.19. The molecule has 0 aliphatic heterocycles. The monoisotopic (exact) mass is 558 g/mol. The standard InChI is InChI=1S/C29H46N6O5/c1-5-18(4)25(29(39)40)35-27(37)23(12-8-9-13-30)33-28(38)24(14-17(2)3)34-26(36)21(31)15-19-16-32-22-11-7-6-10-20(19)22/h6-7,10-11,16-18,21,23-25,32H,5,8-9,12-15,30-31H2,1-4H3,(H,33,38)(H,34,36)(H,35,37)(H,39,40). The molecule has 222 valence electrons. The Morgan fingerprint density at radius 1 is 0.950 bits per heavy atom. The molecule has 0 aliphatic rings. The van der Waals surface area contributed by atoms with Crippen LogP contribution < -0.4 is 27.4 Å². The number of aromatic amines is 1. The van der Waals surface area contributed by atoms with Crippen molar-refractivity contribution in [2.24, 2.45) is 23.3 Å². The largest absolute Gasteiger partial charge is 0.480 e. The van der Waals surface area contributed by atoms with Crippen molar-refractivity contribution in [1.29, 1.82) is 0 Å². The molecule has 2 aromatic rings. The molecule has 0 saturated carbocycles. The lowest BCUT2D eigenvalue weighted by Crippen LogP contribution is -2.58. The number of carboxylic acids is 1. The lowest BCUT2D eigenvalue weighted by molar-refractivity contribution is -0.144. The van der Waals surface area contributed by atoms with Crippen molar-refractivity contribution >= 4 is 34.6 Å². The third-order valence-corrected chi connectivity index (χ3v) is 7.15. The average Bonchev–Trinajstić information content (AvgIpc) is 3.32. The maximum absolute atomic E-state index is 13.4. The molecule has 0 spiro atoms. The van der Waals surface area contributed by atoms with Crippen LogP contribution in [0.25, 0.3) is 10.9 Å². The maximum atomic E-state index is 13.4. The van der Waals surface area contributed by atoms with Gasteiger partial charge in [0, 0.05) is 17.1 Å². The number of benzene rings is 1. The molecule has 0 saturated heterocycles.